The van der Waals surface area contributed by atoms with Gasteiger partial charge in [0.25, 0.3) is 0 Å². The zero-order valence-corrected chi connectivity index (χ0v) is 17.3. The summed E-state index contributed by atoms with van der Waals surface area (Å²) in [5.74, 6) is -1.34. The summed E-state index contributed by atoms with van der Waals surface area (Å²) < 4.78 is 19.8. The molecule has 0 heterocycles. The number of carbonyl (C=O) groups is 4. The molecule has 4 rings (SSSR count). The van der Waals surface area contributed by atoms with Gasteiger partial charge in [-0.15, -0.1) is 0 Å². The summed E-state index contributed by atoms with van der Waals surface area (Å²) in [6, 6.07) is 13.1. The normalized spacial score (nSPS) is 12.1. The first-order chi connectivity index (χ1) is 15.4. The molecular weight excluding hydrogens is 416 g/mol. The molecule has 32 heavy (non-hydrogen) atoms. The fourth-order valence-corrected chi connectivity index (χ4v) is 3.48. The number of ether oxygens (including phenoxy) is 4. The topological polar surface area (TPSA) is 105 Å². The third-order valence-electron chi connectivity index (χ3n) is 4.86. The van der Waals surface area contributed by atoms with Gasteiger partial charge in [0.2, 0.25) is 0 Å². The molecule has 8 nitrogen and oxygen atoms in total. The van der Waals surface area contributed by atoms with Gasteiger partial charge in [0, 0.05) is 22.3 Å². The van der Waals surface area contributed by atoms with Crippen LogP contribution in [0.15, 0.2) is 48.5 Å². The molecule has 0 N–H and O–H groups in total. The molecule has 0 saturated heterocycles. The first-order valence-electron chi connectivity index (χ1n) is 9.92. The van der Waals surface area contributed by atoms with Crippen LogP contribution >= 0.6 is 0 Å². The highest BCUT2D eigenvalue weighted by Gasteiger charge is 2.33. The summed E-state index contributed by atoms with van der Waals surface area (Å²) in [6.07, 6.45) is -2.11. The maximum absolute atomic E-state index is 13.2. The van der Waals surface area contributed by atoms with Crippen molar-refractivity contribution in [1.82, 2.24) is 0 Å². The second-order valence-corrected chi connectivity index (χ2v) is 6.82. The van der Waals surface area contributed by atoms with Gasteiger partial charge < -0.3 is 18.9 Å². The molecule has 0 bridgehead atoms. The van der Waals surface area contributed by atoms with Crippen LogP contribution in [0.4, 0.5) is 9.59 Å². The predicted molar refractivity (Wildman–Crippen MR) is 113 cm³/mol. The fourth-order valence-electron chi connectivity index (χ4n) is 3.48. The molecule has 1 aliphatic rings. The lowest BCUT2D eigenvalue weighted by atomic mass is 9.82. The molecule has 162 valence electrons. The van der Waals surface area contributed by atoms with Gasteiger partial charge in [-0.1, -0.05) is 24.3 Å². The number of fused-ring (bicyclic) bond motifs is 3. The Labute approximate surface area is 182 Å². The van der Waals surface area contributed by atoms with Crippen LogP contribution in [-0.2, 0) is 9.47 Å². The van der Waals surface area contributed by atoms with Gasteiger partial charge in [0.1, 0.15) is 0 Å². The van der Waals surface area contributed by atoms with E-state index >= 15 is 0 Å². The molecule has 1 aliphatic carbocycles. The minimum atomic E-state index is -1.05. The van der Waals surface area contributed by atoms with Crippen molar-refractivity contribution in [3.8, 4) is 11.5 Å². The van der Waals surface area contributed by atoms with Crippen molar-refractivity contribution in [3.05, 3.63) is 70.8 Å². The second kappa shape index (κ2) is 8.50. The highest BCUT2D eigenvalue weighted by molar-refractivity contribution is 6.29. The maximum Gasteiger partial charge on any atom is 0.513 e. The SMILES string of the molecule is CCOC(=O)Oc1cc2c(cc1OC(=O)OCC)C(=O)c1cc3ccccc3cc1C2=O. The Kier molecular flexibility index (Phi) is 5.59. The van der Waals surface area contributed by atoms with Gasteiger partial charge in [-0.25, -0.2) is 9.59 Å². The van der Waals surface area contributed by atoms with Crippen LogP contribution in [0, 0.1) is 0 Å². The van der Waals surface area contributed by atoms with Crippen LogP contribution in [0.25, 0.3) is 10.8 Å². The van der Waals surface area contributed by atoms with Gasteiger partial charge in [0.15, 0.2) is 23.1 Å². The summed E-state index contributed by atoms with van der Waals surface area (Å²) >= 11 is 0. The molecule has 8 heteroatoms. The lowest BCUT2D eigenvalue weighted by Gasteiger charge is -2.20. The number of hydrogen-bond donors (Lipinski definition) is 0. The molecule has 0 amide bonds. The molecule has 0 saturated carbocycles. The second-order valence-electron chi connectivity index (χ2n) is 6.82. The fraction of sp³-hybridized carbons (Fsp3) is 0.167. The smallest absolute Gasteiger partial charge is 0.434 e. The lowest BCUT2D eigenvalue weighted by molar-refractivity contribution is 0.0931. The highest BCUT2D eigenvalue weighted by atomic mass is 16.7. The molecular formula is C24H18O8. The first-order valence-corrected chi connectivity index (χ1v) is 9.92. The molecule has 0 aromatic heterocycles. The number of benzene rings is 3. The summed E-state index contributed by atoms with van der Waals surface area (Å²) in [4.78, 5) is 50.2. The Morgan fingerprint density at radius 3 is 1.41 bits per heavy atom. The van der Waals surface area contributed by atoms with E-state index in [2.05, 4.69) is 0 Å². The van der Waals surface area contributed by atoms with E-state index in [-0.39, 0.29) is 47.0 Å². The van der Waals surface area contributed by atoms with Crippen molar-refractivity contribution in [2.45, 2.75) is 13.8 Å². The lowest BCUT2D eigenvalue weighted by Crippen LogP contribution is -2.22. The van der Waals surface area contributed by atoms with Crippen LogP contribution in [0.2, 0.25) is 0 Å². The third kappa shape index (κ3) is 3.78. The highest BCUT2D eigenvalue weighted by Crippen LogP contribution is 2.38. The van der Waals surface area contributed by atoms with Gasteiger partial charge in [0.05, 0.1) is 13.2 Å². The Hall–Kier alpha value is -4.20. The Bertz CT molecular complexity index is 1180. The summed E-state index contributed by atoms with van der Waals surface area (Å²) in [7, 11) is 0. The molecule has 0 radical (unpaired) electrons. The Morgan fingerprint density at radius 1 is 0.656 bits per heavy atom. The zero-order valence-electron chi connectivity index (χ0n) is 17.3. The van der Waals surface area contributed by atoms with Crippen LogP contribution in [0.5, 0.6) is 11.5 Å². The summed E-state index contributed by atoms with van der Waals surface area (Å²) in [5.41, 5.74) is 0.520. The largest absolute Gasteiger partial charge is 0.513 e. The van der Waals surface area contributed by atoms with Crippen molar-refractivity contribution in [1.29, 1.82) is 0 Å². The molecule has 0 atom stereocenters. The van der Waals surface area contributed by atoms with E-state index in [1.807, 2.05) is 24.3 Å². The minimum Gasteiger partial charge on any atom is -0.434 e. The van der Waals surface area contributed by atoms with E-state index in [1.54, 1.807) is 26.0 Å². The van der Waals surface area contributed by atoms with Gasteiger partial charge in [-0.05, 0) is 48.9 Å². The summed E-state index contributed by atoms with van der Waals surface area (Å²) in [5, 5.41) is 1.61. The number of hydrogen-bond acceptors (Lipinski definition) is 8. The van der Waals surface area contributed by atoms with Crippen LogP contribution in [0.3, 0.4) is 0 Å². The van der Waals surface area contributed by atoms with Crippen LogP contribution in [0.1, 0.15) is 45.7 Å². The van der Waals surface area contributed by atoms with E-state index < -0.39 is 23.9 Å². The van der Waals surface area contributed by atoms with Gasteiger partial charge in [-0.2, -0.15) is 0 Å². The van der Waals surface area contributed by atoms with Crippen molar-refractivity contribution in [2.75, 3.05) is 13.2 Å². The third-order valence-corrected chi connectivity index (χ3v) is 4.86. The Balaban J connectivity index is 1.84. The number of rotatable bonds is 4. The molecule has 3 aromatic rings. The van der Waals surface area contributed by atoms with E-state index in [0.717, 1.165) is 10.8 Å². The van der Waals surface area contributed by atoms with Crippen molar-refractivity contribution in [2.24, 2.45) is 0 Å². The molecule has 3 aromatic carbocycles. The first kappa shape index (κ1) is 21.0. The van der Waals surface area contributed by atoms with Gasteiger partial charge >= 0.3 is 12.3 Å². The quantitative estimate of drug-likeness (QED) is 0.337. The Morgan fingerprint density at radius 2 is 1.03 bits per heavy atom. The van der Waals surface area contributed by atoms with Gasteiger partial charge in [-0.3, -0.25) is 9.59 Å². The van der Waals surface area contributed by atoms with Crippen molar-refractivity contribution >= 4 is 34.6 Å². The number of ketones is 2. The average molecular weight is 434 g/mol. The van der Waals surface area contributed by atoms with Crippen LogP contribution < -0.4 is 9.47 Å². The monoisotopic (exact) mass is 434 g/mol. The number of carbonyl (C=O) groups excluding carboxylic acids is 4. The molecule has 0 spiro atoms. The van der Waals surface area contributed by atoms with E-state index in [1.165, 1.54) is 12.1 Å². The predicted octanol–water partition coefficient (Wildman–Crippen LogP) is 4.69. The molecule has 0 unspecified atom stereocenters. The van der Waals surface area contributed by atoms with Crippen molar-refractivity contribution < 1.29 is 38.1 Å². The van der Waals surface area contributed by atoms with E-state index in [4.69, 9.17) is 18.9 Å². The maximum atomic E-state index is 13.2. The average Bonchev–Trinajstić information content (AvgIpc) is 2.77. The zero-order chi connectivity index (χ0) is 22.8. The molecule has 0 aliphatic heterocycles. The van der Waals surface area contributed by atoms with E-state index in [9.17, 15) is 19.2 Å². The van der Waals surface area contributed by atoms with Crippen molar-refractivity contribution in [3.63, 3.8) is 0 Å². The minimum absolute atomic E-state index is 0.0216. The van der Waals surface area contributed by atoms with Crippen LogP contribution in [-0.4, -0.2) is 37.1 Å². The van der Waals surface area contributed by atoms with E-state index in [0.29, 0.717) is 0 Å². The summed E-state index contributed by atoms with van der Waals surface area (Å²) in [6.45, 7) is 3.28. The molecule has 0 fully saturated rings. The standard InChI is InChI=1S/C24H18O8/c1-3-29-23(27)31-19-11-17-18(12-20(19)32-24(28)30-4-2)22(26)16-10-14-8-6-5-7-13(14)9-15(16)21(17)25/h5-12H,3-4H2,1-2H3.